The fourth-order valence-corrected chi connectivity index (χ4v) is 3.15. The molecule has 0 radical (unpaired) electrons. The molecule has 0 aliphatic carbocycles. The van der Waals surface area contributed by atoms with Crippen LogP contribution >= 0.6 is 0 Å². The first-order valence-electron chi connectivity index (χ1n) is 9.20. The maximum atomic E-state index is 13.6. The summed E-state index contributed by atoms with van der Waals surface area (Å²) in [5.74, 6) is -2.40. The Morgan fingerprint density at radius 2 is 1.88 bits per heavy atom. The second-order valence-corrected chi connectivity index (χ2v) is 6.84. The summed E-state index contributed by atoms with van der Waals surface area (Å²) in [7, 11) is 1.74. The fraction of sp³-hybridized carbons (Fsp3) is 0.150. The Bertz CT molecular complexity index is 1310. The quantitative estimate of drug-likeness (QED) is 0.453. The van der Waals surface area contributed by atoms with Crippen molar-refractivity contribution in [3.8, 4) is 5.69 Å². The monoisotopic (exact) mass is 450 g/mol. The van der Waals surface area contributed by atoms with Gasteiger partial charge in [-0.1, -0.05) is 6.07 Å². The van der Waals surface area contributed by atoms with Crippen molar-refractivity contribution in [3.05, 3.63) is 71.7 Å². The molecule has 0 bridgehead atoms. The number of halogens is 5. The normalized spacial score (nSPS) is 11.7. The molecule has 0 fully saturated rings. The maximum absolute atomic E-state index is 13.6. The summed E-state index contributed by atoms with van der Waals surface area (Å²) in [4.78, 5) is 12.4. The van der Waals surface area contributed by atoms with Crippen molar-refractivity contribution < 1.29 is 26.7 Å². The van der Waals surface area contributed by atoms with E-state index in [1.54, 1.807) is 30.1 Å². The number of rotatable bonds is 4. The number of nitrogens with one attached hydrogen (secondary N) is 2. The van der Waals surface area contributed by atoms with Gasteiger partial charge in [0.15, 0.2) is 17.3 Å². The predicted octanol–water partition coefficient (Wildman–Crippen LogP) is 4.38. The van der Waals surface area contributed by atoms with Gasteiger partial charge in [0, 0.05) is 18.5 Å². The Morgan fingerprint density at radius 1 is 1.09 bits per heavy atom. The van der Waals surface area contributed by atoms with Crippen LogP contribution in [0.15, 0.2) is 48.7 Å². The first-order valence-corrected chi connectivity index (χ1v) is 9.20. The number of carbonyl (C=O) groups excluding carboxylic acids is 1. The van der Waals surface area contributed by atoms with Gasteiger partial charge >= 0.3 is 12.2 Å². The Morgan fingerprint density at radius 3 is 2.59 bits per heavy atom. The minimum Gasteiger partial charge on any atom is -0.332 e. The van der Waals surface area contributed by atoms with Gasteiger partial charge in [0.2, 0.25) is 0 Å². The zero-order chi connectivity index (χ0) is 23.0. The number of fused-ring (bicyclic) bond motifs is 1. The van der Waals surface area contributed by atoms with Crippen molar-refractivity contribution in [1.82, 2.24) is 24.9 Å². The molecule has 0 saturated heterocycles. The number of nitrogens with zero attached hydrogens (tertiary/aromatic N) is 4. The van der Waals surface area contributed by atoms with Crippen LogP contribution in [-0.4, -0.2) is 25.6 Å². The van der Waals surface area contributed by atoms with Crippen LogP contribution in [0.25, 0.3) is 16.6 Å². The SMILES string of the molecule is Cn1ncc2c(NC(=O)NCc3cc(C(F)(F)F)nn3-c3ccc(F)c(F)c3)cccc21. The molecule has 2 amide bonds. The molecule has 0 aliphatic heterocycles. The molecular weight excluding hydrogens is 435 g/mol. The second-order valence-electron chi connectivity index (χ2n) is 6.84. The molecule has 7 nitrogen and oxygen atoms in total. The van der Waals surface area contributed by atoms with Crippen molar-refractivity contribution in [3.63, 3.8) is 0 Å². The summed E-state index contributed by atoms with van der Waals surface area (Å²) in [6, 6.07) is 7.79. The van der Waals surface area contributed by atoms with Crippen molar-refractivity contribution >= 4 is 22.6 Å². The van der Waals surface area contributed by atoms with E-state index in [0.29, 0.717) is 11.1 Å². The fourth-order valence-electron chi connectivity index (χ4n) is 3.15. The summed E-state index contributed by atoms with van der Waals surface area (Å²) in [5, 5.41) is 13.3. The van der Waals surface area contributed by atoms with Gasteiger partial charge < -0.3 is 10.6 Å². The lowest BCUT2D eigenvalue weighted by Crippen LogP contribution is -2.29. The lowest BCUT2D eigenvalue weighted by Gasteiger charge is -2.11. The number of amides is 2. The van der Waals surface area contributed by atoms with Crippen LogP contribution in [0.1, 0.15) is 11.4 Å². The third-order valence-electron chi connectivity index (χ3n) is 4.69. The molecule has 2 aromatic heterocycles. The Kier molecular flexibility index (Phi) is 5.28. The molecule has 0 atom stereocenters. The number of anilines is 1. The number of urea groups is 1. The van der Waals surface area contributed by atoms with Crippen molar-refractivity contribution in [2.45, 2.75) is 12.7 Å². The van der Waals surface area contributed by atoms with E-state index in [4.69, 9.17) is 0 Å². The van der Waals surface area contributed by atoms with Crippen LogP contribution in [0.5, 0.6) is 0 Å². The van der Waals surface area contributed by atoms with E-state index < -0.39 is 29.5 Å². The third-order valence-corrected chi connectivity index (χ3v) is 4.69. The van der Waals surface area contributed by atoms with Crippen LogP contribution in [0.2, 0.25) is 0 Å². The molecule has 4 aromatic rings. The number of hydrogen-bond acceptors (Lipinski definition) is 3. The highest BCUT2D eigenvalue weighted by Gasteiger charge is 2.35. The molecular formula is C20H15F5N6O. The lowest BCUT2D eigenvalue weighted by molar-refractivity contribution is -0.141. The number of hydrogen-bond donors (Lipinski definition) is 2. The first-order chi connectivity index (χ1) is 15.1. The van der Waals surface area contributed by atoms with E-state index in [1.165, 1.54) is 0 Å². The molecule has 0 spiro atoms. The van der Waals surface area contributed by atoms with Gasteiger partial charge in [0.05, 0.1) is 35.3 Å². The van der Waals surface area contributed by atoms with Crippen LogP contribution in [0, 0.1) is 11.6 Å². The molecule has 0 aliphatic rings. The molecule has 4 rings (SSSR count). The Labute approximate surface area is 177 Å². The standard InChI is InChI=1S/C20H15F5N6O/c1-30-17-4-2-3-16(13(17)10-27-30)28-19(32)26-9-12-8-18(20(23,24)25)29-31(12)11-5-6-14(21)15(22)7-11/h2-8,10H,9H2,1H3,(H2,26,28,32). The minimum absolute atomic E-state index is 0.0851. The van der Waals surface area contributed by atoms with Crippen molar-refractivity contribution in [2.75, 3.05) is 5.32 Å². The zero-order valence-corrected chi connectivity index (χ0v) is 16.4. The van der Waals surface area contributed by atoms with E-state index in [1.807, 2.05) is 6.07 Å². The topological polar surface area (TPSA) is 76.8 Å². The van der Waals surface area contributed by atoms with Gasteiger partial charge in [-0.15, -0.1) is 0 Å². The van der Waals surface area contributed by atoms with Crippen LogP contribution in [0.4, 0.5) is 32.4 Å². The Hall–Kier alpha value is -3.96. The smallest absolute Gasteiger partial charge is 0.332 e. The molecule has 2 aromatic carbocycles. The van der Waals surface area contributed by atoms with Crippen LogP contribution in [-0.2, 0) is 19.8 Å². The lowest BCUT2D eigenvalue weighted by atomic mass is 10.2. The summed E-state index contributed by atoms with van der Waals surface area (Å²) in [5.41, 5.74) is -0.221. The molecule has 166 valence electrons. The molecule has 0 unspecified atom stereocenters. The number of benzene rings is 2. The first kappa shape index (κ1) is 21.3. The van der Waals surface area contributed by atoms with Gasteiger partial charge in [0.1, 0.15) is 0 Å². The summed E-state index contributed by atoms with van der Waals surface area (Å²) < 4.78 is 68.7. The number of aromatic nitrogens is 4. The summed E-state index contributed by atoms with van der Waals surface area (Å²) in [6.45, 7) is -0.364. The highest BCUT2D eigenvalue weighted by atomic mass is 19.4. The summed E-state index contributed by atoms with van der Waals surface area (Å²) in [6.07, 6.45) is -3.20. The molecule has 2 heterocycles. The Balaban J connectivity index is 1.57. The zero-order valence-electron chi connectivity index (χ0n) is 16.4. The largest absolute Gasteiger partial charge is 0.435 e. The average molecular weight is 450 g/mol. The van der Waals surface area contributed by atoms with Crippen molar-refractivity contribution in [2.24, 2.45) is 7.05 Å². The summed E-state index contributed by atoms with van der Waals surface area (Å²) >= 11 is 0. The third kappa shape index (κ3) is 4.11. The van der Waals surface area contributed by atoms with Crippen LogP contribution in [0.3, 0.4) is 0 Å². The highest BCUT2D eigenvalue weighted by Crippen LogP contribution is 2.30. The predicted molar refractivity (Wildman–Crippen MR) is 105 cm³/mol. The molecule has 0 saturated carbocycles. The molecule has 2 N–H and O–H groups in total. The number of carbonyl (C=O) groups is 1. The molecule has 12 heteroatoms. The van der Waals surface area contributed by atoms with E-state index in [2.05, 4.69) is 20.8 Å². The maximum Gasteiger partial charge on any atom is 0.435 e. The average Bonchev–Trinajstić information content (AvgIpc) is 3.33. The van der Waals surface area contributed by atoms with E-state index in [0.717, 1.165) is 34.5 Å². The van der Waals surface area contributed by atoms with Gasteiger partial charge in [0.25, 0.3) is 0 Å². The van der Waals surface area contributed by atoms with Gasteiger partial charge in [-0.25, -0.2) is 18.3 Å². The van der Waals surface area contributed by atoms with E-state index >= 15 is 0 Å². The van der Waals surface area contributed by atoms with Crippen LogP contribution < -0.4 is 10.6 Å². The second kappa shape index (κ2) is 7.94. The van der Waals surface area contributed by atoms with E-state index in [9.17, 15) is 26.7 Å². The van der Waals surface area contributed by atoms with Gasteiger partial charge in [-0.3, -0.25) is 4.68 Å². The van der Waals surface area contributed by atoms with Crippen molar-refractivity contribution in [1.29, 1.82) is 0 Å². The van der Waals surface area contributed by atoms with Gasteiger partial charge in [-0.05, 0) is 30.3 Å². The number of aryl methyl sites for hydroxylation is 1. The highest BCUT2D eigenvalue weighted by molar-refractivity contribution is 6.00. The molecule has 32 heavy (non-hydrogen) atoms. The number of alkyl halides is 3. The minimum atomic E-state index is -4.77. The van der Waals surface area contributed by atoms with Gasteiger partial charge in [-0.2, -0.15) is 23.4 Å². The van der Waals surface area contributed by atoms with E-state index in [-0.39, 0.29) is 17.9 Å².